The van der Waals surface area contributed by atoms with Gasteiger partial charge >= 0.3 is 5.82 Å². The molecule has 2 rings (SSSR count). The van der Waals surface area contributed by atoms with Crippen LogP contribution in [0.2, 0.25) is 0 Å². The summed E-state index contributed by atoms with van der Waals surface area (Å²) in [5.74, 6) is -0.310. The molecule has 72 valence electrons. The van der Waals surface area contributed by atoms with Crippen LogP contribution >= 0.6 is 0 Å². The number of rotatable bonds is 2. The van der Waals surface area contributed by atoms with Crippen LogP contribution in [0.15, 0.2) is 24.9 Å². The van der Waals surface area contributed by atoms with Gasteiger partial charge in [0, 0.05) is 0 Å². The van der Waals surface area contributed by atoms with Crippen molar-refractivity contribution in [2.75, 3.05) is 0 Å². The number of nitro groups is 1. The first-order valence-corrected chi connectivity index (χ1v) is 3.93. The summed E-state index contributed by atoms with van der Waals surface area (Å²) in [5.41, 5.74) is 0.517. The van der Waals surface area contributed by atoms with Gasteiger partial charge in [-0.15, -0.1) is 0 Å². The third kappa shape index (κ3) is 1.69. The van der Waals surface area contributed by atoms with Gasteiger partial charge in [-0.1, -0.05) is 5.46 Å². The molecule has 0 saturated carbocycles. The highest BCUT2D eigenvalue weighted by Crippen LogP contribution is 2.16. The van der Waals surface area contributed by atoms with Crippen molar-refractivity contribution in [1.82, 2.24) is 19.7 Å². The molecule has 2 aromatic rings. The van der Waals surface area contributed by atoms with Gasteiger partial charge in [-0.05, 0) is 16.0 Å². The van der Waals surface area contributed by atoms with Gasteiger partial charge in [0.05, 0.1) is 0 Å². The topological polar surface area (TPSA) is 86.7 Å². The second-order valence-electron chi connectivity index (χ2n) is 2.71. The zero-order valence-electron chi connectivity index (χ0n) is 7.44. The molecule has 2 radical (unpaired) electrons. The van der Waals surface area contributed by atoms with Crippen LogP contribution in [0.5, 0.6) is 0 Å². The summed E-state index contributed by atoms with van der Waals surface area (Å²) in [6, 6.07) is 1.42. The maximum atomic E-state index is 10.7. The minimum absolute atomic E-state index is 0.192. The Labute approximate surface area is 85.3 Å². The summed E-state index contributed by atoms with van der Waals surface area (Å²) in [4.78, 5) is 17.4. The van der Waals surface area contributed by atoms with Crippen molar-refractivity contribution in [2.45, 2.75) is 0 Å². The lowest BCUT2D eigenvalue weighted by molar-refractivity contribution is -0.389. The van der Waals surface area contributed by atoms with E-state index >= 15 is 0 Å². The zero-order chi connectivity index (χ0) is 10.8. The van der Waals surface area contributed by atoms with Gasteiger partial charge in [0.15, 0.2) is 5.69 Å². The largest absolute Gasteiger partial charge is 0.389 e. The SMILES string of the molecule is [B]c1cnc([N+](=O)[O-])c(-n2cncn2)c1. The number of aromatic nitrogens is 4. The summed E-state index contributed by atoms with van der Waals surface area (Å²) < 4.78 is 1.24. The fourth-order valence-electron chi connectivity index (χ4n) is 1.10. The molecule has 0 bridgehead atoms. The van der Waals surface area contributed by atoms with Gasteiger partial charge < -0.3 is 10.1 Å². The van der Waals surface area contributed by atoms with Crippen molar-refractivity contribution >= 4 is 19.1 Å². The van der Waals surface area contributed by atoms with Crippen LogP contribution in [0.3, 0.4) is 0 Å². The number of hydrogen-bond donors (Lipinski definition) is 0. The fraction of sp³-hybridized carbons (Fsp3) is 0. The smallest absolute Gasteiger partial charge is 0.358 e. The summed E-state index contributed by atoms with van der Waals surface area (Å²) in [6.45, 7) is 0. The van der Waals surface area contributed by atoms with Crippen LogP contribution in [-0.4, -0.2) is 32.5 Å². The van der Waals surface area contributed by atoms with Crippen molar-refractivity contribution in [3.63, 3.8) is 0 Å². The molecular formula is C7H4BN5O2. The van der Waals surface area contributed by atoms with Gasteiger partial charge in [0.2, 0.25) is 0 Å². The quantitative estimate of drug-likeness (QED) is 0.366. The van der Waals surface area contributed by atoms with Crippen molar-refractivity contribution in [3.05, 3.63) is 35.0 Å². The van der Waals surface area contributed by atoms with E-state index < -0.39 is 4.92 Å². The minimum atomic E-state index is -0.601. The summed E-state index contributed by atoms with van der Waals surface area (Å²) in [7, 11) is 5.49. The average molecular weight is 201 g/mol. The van der Waals surface area contributed by atoms with Gasteiger partial charge in [-0.25, -0.2) is 9.67 Å². The Morgan fingerprint density at radius 3 is 2.93 bits per heavy atom. The Morgan fingerprint density at radius 1 is 1.53 bits per heavy atom. The van der Waals surface area contributed by atoms with Crippen LogP contribution in [0, 0.1) is 10.1 Å². The van der Waals surface area contributed by atoms with Crippen LogP contribution in [0.4, 0.5) is 5.82 Å². The molecule has 0 spiro atoms. The molecule has 0 saturated heterocycles. The molecule has 2 aromatic heterocycles. The van der Waals surface area contributed by atoms with E-state index in [4.69, 9.17) is 7.85 Å². The Balaban J connectivity index is 2.63. The fourth-order valence-corrected chi connectivity index (χ4v) is 1.10. The van der Waals surface area contributed by atoms with Gasteiger partial charge in [-0.2, -0.15) is 5.10 Å². The predicted octanol–water partition coefficient (Wildman–Crippen LogP) is -0.636. The Morgan fingerprint density at radius 2 is 2.33 bits per heavy atom. The third-order valence-electron chi connectivity index (χ3n) is 1.71. The van der Waals surface area contributed by atoms with E-state index in [2.05, 4.69) is 15.1 Å². The minimum Gasteiger partial charge on any atom is -0.358 e. The molecule has 0 aliphatic carbocycles. The zero-order valence-corrected chi connectivity index (χ0v) is 7.44. The molecule has 0 unspecified atom stereocenters. The normalized spacial score (nSPS) is 10.1. The second-order valence-corrected chi connectivity index (χ2v) is 2.71. The lowest BCUT2D eigenvalue weighted by Gasteiger charge is -2.01. The Kier molecular flexibility index (Phi) is 2.16. The highest BCUT2D eigenvalue weighted by atomic mass is 16.6. The van der Waals surface area contributed by atoms with Crippen molar-refractivity contribution in [2.24, 2.45) is 0 Å². The monoisotopic (exact) mass is 201 g/mol. The molecule has 0 amide bonds. The molecule has 0 fully saturated rings. The first-order valence-electron chi connectivity index (χ1n) is 3.93. The maximum Gasteiger partial charge on any atom is 0.389 e. The highest BCUT2D eigenvalue weighted by molar-refractivity contribution is 6.32. The van der Waals surface area contributed by atoms with Crippen LogP contribution in [0.25, 0.3) is 5.69 Å². The number of hydrogen-bond acceptors (Lipinski definition) is 5. The predicted molar refractivity (Wildman–Crippen MR) is 51.2 cm³/mol. The Hall–Kier alpha value is -2.25. The molecular weight excluding hydrogens is 197 g/mol. The van der Waals surface area contributed by atoms with Gasteiger partial charge in [0.25, 0.3) is 0 Å². The van der Waals surface area contributed by atoms with Crippen molar-refractivity contribution < 1.29 is 4.92 Å². The molecule has 0 aliphatic heterocycles. The summed E-state index contributed by atoms with van der Waals surface area (Å²) in [5, 5.41) is 14.4. The van der Waals surface area contributed by atoms with Gasteiger partial charge in [0.1, 0.15) is 26.7 Å². The molecule has 7 nitrogen and oxygen atoms in total. The molecule has 2 heterocycles. The van der Waals surface area contributed by atoms with Crippen LogP contribution in [-0.2, 0) is 0 Å². The molecule has 0 atom stereocenters. The van der Waals surface area contributed by atoms with Gasteiger partial charge in [-0.3, -0.25) is 0 Å². The first kappa shape index (κ1) is 9.32. The number of pyridine rings is 1. The van der Waals surface area contributed by atoms with E-state index in [1.54, 1.807) is 0 Å². The second kappa shape index (κ2) is 3.48. The lowest BCUT2D eigenvalue weighted by Crippen LogP contribution is -2.10. The van der Waals surface area contributed by atoms with Crippen molar-refractivity contribution in [1.29, 1.82) is 0 Å². The standard InChI is InChI=1S/C7H4BN5O2/c8-5-1-6(12-4-9-3-11-12)7(10-2-5)13(14)15/h1-4H. The average Bonchev–Trinajstić information content (AvgIpc) is 2.69. The van der Waals surface area contributed by atoms with Crippen LogP contribution < -0.4 is 5.46 Å². The highest BCUT2D eigenvalue weighted by Gasteiger charge is 2.17. The lowest BCUT2D eigenvalue weighted by atomic mass is 9.98. The Bertz CT molecular complexity index is 498. The number of nitrogens with zero attached hydrogens (tertiary/aromatic N) is 5. The third-order valence-corrected chi connectivity index (χ3v) is 1.71. The summed E-state index contributed by atoms with van der Waals surface area (Å²) in [6.07, 6.45) is 3.83. The molecule has 0 N–H and O–H groups in total. The van der Waals surface area contributed by atoms with Crippen LogP contribution in [0.1, 0.15) is 0 Å². The van der Waals surface area contributed by atoms with E-state index in [9.17, 15) is 10.1 Å². The van der Waals surface area contributed by atoms with E-state index in [0.717, 1.165) is 0 Å². The van der Waals surface area contributed by atoms with E-state index in [-0.39, 0.29) is 11.5 Å². The molecule has 15 heavy (non-hydrogen) atoms. The molecule has 8 heteroatoms. The van der Waals surface area contributed by atoms with Crippen molar-refractivity contribution in [3.8, 4) is 5.69 Å². The maximum absolute atomic E-state index is 10.7. The first-order chi connectivity index (χ1) is 7.18. The molecule has 0 aromatic carbocycles. The summed E-state index contributed by atoms with van der Waals surface area (Å²) >= 11 is 0. The van der Waals surface area contributed by atoms with E-state index in [0.29, 0.717) is 5.46 Å². The van der Waals surface area contributed by atoms with E-state index in [1.165, 1.54) is 29.6 Å². The van der Waals surface area contributed by atoms with E-state index in [1.807, 2.05) is 0 Å². The molecule has 0 aliphatic rings.